The highest BCUT2D eigenvalue weighted by Gasteiger charge is 2.20. The average molecular weight is 556 g/mol. The zero-order valence-corrected chi connectivity index (χ0v) is 20.2. The molecule has 180 valence electrons. The summed E-state index contributed by atoms with van der Waals surface area (Å²) in [6, 6.07) is 7.00. The summed E-state index contributed by atoms with van der Waals surface area (Å²) in [5, 5.41) is 17.2. The molecule has 0 aliphatic rings. The van der Waals surface area contributed by atoms with Gasteiger partial charge in [0.1, 0.15) is 23.7 Å². The number of ether oxygens (including phenoxy) is 1. The summed E-state index contributed by atoms with van der Waals surface area (Å²) in [6.45, 7) is 0.149. The van der Waals surface area contributed by atoms with Crippen LogP contribution in [0.15, 0.2) is 41.1 Å². The van der Waals surface area contributed by atoms with Crippen LogP contribution < -0.4 is 15.4 Å². The van der Waals surface area contributed by atoms with Gasteiger partial charge in [-0.15, -0.1) is 0 Å². The van der Waals surface area contributed by atoms with E-state index in [4.69, 9.17) is 4.74 Å². The molecule has 2 aromatic carbocycles. The Labute approximate surface area is 201 Å². The van der Waals surface area contributed by atoms with E-state index in [-0.39, 0.29) is 47.9 Å². The Bertz CT molecular complexity index is 1350. The minimum Gasteiger partial charge on any atom is -0.487 e. The molecule has 1 aromatic heterocycles. The van der Waals surface area contributed by atoms with E-state index in [0.29, 0.717) is 9.99 Å². The van der Waals surface area contributed by atoms with Gasteiger partial charge in [-0.05, 0) is 24.6 Å². The van der Waals surface area contributed by atoms with Gasteiger partial charge in [-0.3, -0.25) is 14.9 Å². The minimum atomic E-state index is -3.43. The van der Waals surface area contributed by atoms with Crippen molar-refractivity contribution >= 4 is 59.8 Å². The van der Waals surface area contributed by atoms with Gasteiger partial charge in [0.25, 0.3) is 0 Å². The number of nitro groups is 1. The van der Waals surface area contributed by atoms with Crippen LogP contribution in [-0.2, 0) is 14.6 Å². The van der Waals surface area contributed by atoms with Gasteiger partial charge in [0.05, 0.1) is 28.1 Å². The van der Waals surface area contributed by atoms with E-state index in [1.807, 2.05) is 0 Å². The van der Waals surface area contributed by atoms with Gasteiger partial charge < -0.3 is 15.4 Å². The van der Waals surface area contributed by atoms with E-state index in [1.54, 1.807) is 6.07 Å². The van der Waals surface area contributed by atoms with Crippen molar-refractivity contribution in [2.45, 2.75) is 6.42 Å². The number of aromatic nitrogens is 2. The van der Waals surface area contributed by atoms with Crippen molar-refractivity contribution in [3.05, 3.63) is 57.1 Å². The van der Waals surface area contributed by atoms with Crippen LogP contribution in [0.5, 0.6) is 5.75 Å². The van der Waals surface area contributed by atoms with Gasteiger partial charge in [0.15, 0.2) is 15.6 Å². The largest absolute Gasteiger partial charge is 0.487 e. The first-order valence-electron chi connectivity index (χ1n) is 9.76. The first kappa shape index (κ1) is 25.2. The molecule has 3 rings (SSSR count). The van der Waals surface area contributed by atoms with E-state index in [0.717, 1.165) is 6.26 Å². The molecule has 0 unspecified atom stereocenters. The Hall–Kier alpha value is -3.39. The maximum Gasteiger partial charge on any atom is 0.311 e. The summed E-state index contributed by atoms with van der Waals surface area (Å²) < 4.78 is 42.5. The number of amides is 1. The van der Waals surface area contributed by atoms with Crippen LogP contribution in [0.25, 0.3) is 10.9 Å². The number of nitro benzene ring substituents is 1. The molecule has 0 bridgehead atoms. The molecule has 0 fully saturated rings. The van der Waals surface area contributed by atoms with Gasteiger partial charge in [0.2, 0.25) is 5.91 Å². The lowest BCUT2D eigenvalue weighted by atomic mass is 10.2. The summed E-state index contributed by atoms with van der Waals surface area (Å²) in [5.74, 6) is -1.67. The maximum atomic E-state index is 14.2. The topological polar surface area (TPSA) is 153 Å². The van der Waals surface area contributed by atoms with E-state index < -0.39 is 32.2 Å². The second-order valence-corrected chi connectivity index (χ2v) is 10.2. The Kier molecular flexibility index (Phi) is 7.94. The number of rotatable bonds is 10. The molecule has 0 spiro atoms. The van der Waals surface area contributed by atoms with E-state index in [1.165, 1.54) is 30.6 Å². The standard InChI is InChI=1S/C20H19BrFN5O6S/c1-34(31,32)10-19(28)23-5-2-6-33-18-9-16-13(8-17(18)27(29)30)20(25-11-24-16)26-15-4-3-12(21)7-14(15)22/h3-4,7-9,11H,2,5-6,10H2,1H3,(H,23,28)(H,24,25,26). The van der Waals surface area contributed by atoms with Crippen LogP contribution in [-0.4, -0.2) is 54.4 Å². The van der Waals surface area contributed by atoms with Crippen LogP contribution in [0.4, 0.5) is 21.6 Å². The number of halogens is 2. The lowest BCUT2D eigenvalue weighted by molar-refractivity contribution is -0.385. The molecule has 3 aromatic rings. The predicted octanol–water partition coefficient (Wildman–Crippen LogP) is 3.11. The van der Waals surface area contributed by atoms with Gasteiger partial charge in [-0.2, -0.15) is 0 Å². The highest BCUT2D eigenvalue weighted by atomic mass is 79.9. The number of carbonyl (C=O) groups excluding carboxylic acids is 1. The first-order valence-corrected chi connectivity index (χ1v) is 12.6. The maximum absolute atomic E-state index is 14.2. The van der Waals surface area contributed by atoms with E-state index in [2.05, 4.69) is 36.5 Å². The lowest BCUT2D eigenvalue weighted by Crippen LogP contribution is -2.31. The Balaban J connectivity index is 1.75. The SMILES string of the molecule is CS(=O)(=O)CC(=O)NCCCOc1cc2ncnc(Nc3ccc(Br)cc3F)c2cc1[N+](=O)[O-]. The minimum absolute atomic E-state index is 0.0196. The number of sulfone groups is 1. The zero-order valence-electron chi connectivity index (χ0n) is 17.7. The van der Waals surface area contributed by atoms with Crippen molar-refractivity contribution in [2.24, 2.45) is 0 Å². The number of carbonyl (C=O) groups is 1. The third-order valence-electron chi connectivity index (χ3n) is 4.39. The number of nitrogens with zero attached hydrogens (tertiary/aromatic N) is 3. The summed E-state index contributed by atoms with van der Waals surface area (Å²) in [6.07, 6.45) is 2.47. The smallest absolute Gasteiger partial charge is 0.311 e. The number of nitrogens with one attached hydrogen (secondary N) is 2. The lowest BCUT2D eigenvalue weighted by Gasteiger charge is -2.12. The highest BCUT2D eigenvalue weighted by molar-refractivity contribution is 9.10. The van der Waals surface area contributed by atoms with E-state index >= 15 is 0 Å². The van der Waals surface area contributed by atoms with Crippen LogP contribution in [0, 0.1) is 15.9 Å². The second kappa shape index (κ2) is 10.7. The molecule has 0 aliphatic carbocycles. The fourth-order valence-electron chi connectivity index (χ4n) is 2.92. The van der Waals surface area contributed by atoms with Crippen LogP contribution >= 0.6 is 15.9 Å². The van der Waals surface area contributed by atoms with Crippen molar-refractivity contribution in [2.75, 3.05) is 30.5 Å². The monoisotopic (exact) mass is 555 g/mol. The molecule has 0 saturated carbocycles. The molecule has 1 amide bonds. The first-order chi connectivity index (χ1) is 16.0. The molecule has 2 N–H and O–H groups in total. The fourth-order valence-corrected chi connectivity index (χ4v) is 3.83. The molecule has 0 radical (unpaired) electrons. The van der Waals surface area contributed by atoms with Crippen molar-refractivity contribution in [3.8, 4) is 5.75 Å². The summed E-state index contributed by atoms with van der Waals surface area (Å²) in [4.78, 5) is 30.7. The molecule has 0 atom stereocenters. The molecule has 34 heavy (non-hydrogen) atoms. The Morgan fingerprint density at radius 2 is 2.03 bits per heavy atom. The van der Waals surface area contributed by atoms with Crippen molar-refractivity contribution in [1.29, 1.82) is 0 Å². The molecular weight excluding hydrogens is 537 g/mol. The summed E-state index contributed by atoms with van der Waals surface area (Å²) in [7, 11) is -3.43. The Morgan fingerprint density at radius 1 is 1.26 bits per heavy atom. The number of hydrogen-bond acceptors (Lipinski definition) is 9. The molecule has 1 heterocycles. The normalized spacial score (nSPS) is 11.3. The van der Waals surface area contributed by atoms with Gasteiger partial charge in [0, 0.05) is 29.4 Å². The van der Waals surface area contributed by atoms with Crippen molar-refractivity contribution < 1.29 is 27.3 Å². The zero-order chi connectivity index (χ0) is 24.9. The molecular formula is C20H19BrFN5O6S. The highest BCUT2D eigenvalue weighted by Crippen LogP contribution is 2.35. The van der Waals surface area contributed by atoms with Crippen LogP contribution in [0.1, 0.15) is 6.42 Å². The number of hydrogen-bond donors (Lipinski definition) is 2. The fraction of sp³-hybridized carbons (Fsp3) is 0.250. The molecule has 0 saturated heterocycles. The Morgan fingerprint density at radius 3 is 2.71 bits per heavy atom. The van der Waals surface area contributed by atoms with Crippen molar-refractivity contribution in [3.63, 3.8) is 0 Å². The quantitative estimate of drug-likeness (QED) is 0.218. The average Bonchev–Trinajstić information content (AvgIpc) is 2.73. The second-order valence-electron chi connectivity index (χ2n) is 7.19. The van der Waals surface area contributed by atoms with Gasteiger partial charge in [-0.25, -0.2) is 22.8 Å². The molecule has 14 heteroatoms. The number of fused-ring (bicyclic) bond motifs is 1. The molecule has 11 nitrogen and oxygen atoms in total. The number of anilines is 2. The number of benzene rings is 2. The van der Waals surface area contributed by atoms with Crippen molar-refractivity contribution in [1.82, 2.24) is 15.3 Å². The van der Waals surface area contributed by atoms with Crippen LogP contribution in [0.2, 0.25) is 0 Å². The summed E-state index contributed by atoms with van der Waals surface area (Å²) >= 11 is 3.18. The predicted molar refractivity (Wildman–Crippen MR) is 126 cm³/mol. The molecule has 0 aliphatic heterocycles. The van der Waals surface area contributed by atoms with Crippen LogP contribution in [0.3, 0.4) is 0 Å². The third kappa shape index (κ3) is 6.81. The summed E-state index contributed by atoms with van der Waals surface area (Å²) in [5.41, 5.74) is 0.115. The third-order valence-corrected chi connectivity index (χ3v) is 5.67. The van der Waals surface area contributed by atoms with E-state index in [9.17, 15) is 27.7 Å². The van der Waals surface area contributed by atoms with Gasteiger partial charge in [-0.1, -0.05) is 15.9 Å². The van der Waals surface area contributed by atoms with Gasteiger partial charge >= 0.3 is 5.69 Å².